The largest absolute Gasteiger partial charge is 0.504 e. The lowest BCUT2D eigenvalue weighted by atomic mass is 9.99. The smallest absolute Gasteiger partial charge is 0.338 e. The standard InChI is InChI=1S/C15H20O10/c1-2-23-14(22)6-3-7(17)13(8(18)4-6)25-15-12(21)11(20)10(19)9(5-16)24-15/h3-4,9-12,15-21H,2,5H2,1H3/t9-,10-,11+,12-,15-/m1/s1. The Hall–Kier alpha value is -2.11. The Morgan fingerprint density at radius 3 is 2.24 bits per heavy atom. The first-order valence-corrected chi connectivity index (χ1v) is 7.50. The minimum absolute atomic E-state index is 0.101. The summed E-state index contributed by atoms with van der Waals surface area (Å²) in [5, 5.41) is 58.3. The number of benzene rings is 1. The molecule has 0 amide bonds. The van der Waals surface area contributed by atoms with E-state index < -0.39 is 60.5 Å². The summed E-state index contributed by atoms with van der Waals surface area (Å²) in [5.74, 6) is -2.56. The fourth-order valence-corrected chi connectivity index (χ4v) is 2.33. The summed E-state index contributed by atoms with van der Waals surface area (Å²) < 4.78 is 15.0. The molecule has 140 valence electrons. The number of rotatable bonds is 5. The van der Waals surface area contributed by atoms with Crippen LogP contribution in [0.2, 0.25) is 0 Å². The molecule has 1 aliphatic heterocycles. The lowest BCUT2D eigenvalue weighted by molar-refractivity contribution is -0.277. The fraction of sp³-hybridized carbons (Fsp3) is 0.533. The second-order valence-corrected chi connectivity index (χ2v) is 5.38. The van der Waals surface area contributed by atoms with Crippen molar-refractivity contribution >= 4 is 5.97 Å². The fourth-order valence-electron chi connectivity index (χ4n) is 2.33. The molecule has 1 saturated heterocycles. The highest BCUT2D eigenvalue weighted by Gasteiger charge is 2.45. The Morgan fingerprint density at radius 2 is 1.72 bits per heavy atom. The van der Waals surface area contributed by atoms with Crippen LogP contribution in [0.3, 0.4) is 0 Å². The first-order valence-electron chi connectivity index (χ1n) is 7.50. The number of phenols is 2. The highest BCUT2D eigenvalue weighted by molar-refractivity contribution is 5.91. The number of carbonyl (C=O) groups excluding carboxylic acids is 1. The first-order chi connectivity index (χ1) is 11.8. The maximum Gasteiger partial charge on any atom is 0.338 e. The third kappa shape index (κ3) is 3.94. The van der Waals surface area contributed by atoms with Gasteiger partial charge in [0.2, 0.25) is 12.0 Å². The Kier molecular flexibility index (Phi) is 6.03. The summed E-state index contributed by atoms with van der Waals surface area (Å²) in [6.07, 6.45) is -7.79. The summed E-state index contributed by atoms with van der Waals surface area (Å²) in [6.45, 7) is 1.03. The molecule has 2 rings (SSSR count). The minimum Gasteiger partial charge on any atom is -0.504 e. The molecule has 0 unspecified atom stereocenters. The predicted molar refractivity (Wildman–Crippen MR) is 80.1 cm³/mol. The van der Waals surface area contributed by atoms with Gasteiger partial charge in [0.25, 0.3) is 0 Å². The molecule has 25 heavy (non-hydrogen) atoms. The van der Waals surface area contributed by atoms with Gasteiger partial charge in [-0.25, -0.2) is 4.79 Å². The van der Waals surface area contributed by atoms with Gasteiger partial charge < -0.3 is 44.8 Å². The second kappa shape index (κ2) is 7.85. The van der Waals surface area contributed by atoms with Crippen LogP contribution in [0.25, 0.3) is 0 Å². The van der Waals surface area contributed by atoms with E-state index in [0.717, 1.165) is 12.1 Å². The van der Waals surface area contributed by atoms with Crippen LogP contribution < -0.4 is 4.74 Å². The van der Waals surface area contributed by atoms with E-state index in [2.05, 4.69) is 0 Å². The van der Waals surface area contributed by atoms with Crippen LogP contribution in [0, 0.1) is 0 Å². The van der Waals surface area contributed by atoms with E-state index in [1.54, 1.807) is 6.92 Å². The van der Waals surface area contributed by atoms with E-state index in [1.807, 2.05) is 0 Å². The number of carbonyl (C=O) groups is 1. The number of phenolic OH excluding ortho intramolecular Hbond substituents is 2. The van der Waals surface area contributed by atoms with Crippen molar-refractivity contribution in [2.75, 3.05) is 13.2 Å². The van der Waals surface area contributed by atoms with E-state index in [-0.39, 0.29) is 12.2 Å². The Morgan fingerprint density at radius 1 is 1.12 bits per heavy atom. The van der Waals surface area contributed by atoms with E-state index >= 15 is 0 Å². The maximum atomic E-state index is 11.6. The topological polar surface area (TPSA) is 166 Å². The zero-order chi connectivity index (χ0) is 18.7. The molecule has 10 heteroatoms. The van der Waals surface area contributed by atoms with Gasteiger partial charge in [-0.2, -0.15) is 0 Å². The van der Waals surface area contributed by atoms with E-state index in [1.165, 1.54) is 0 Å². The van der Waals surface area contributed by atoms with E-state index in [4.69, 9.17) is 19.3 Å². The number of aromatic hydroxyl groups is 2. The molecule has 1 heterocycles. The number of esters is 1. The van der Waals surface area contributed by atoms with Gasteiger partial charge in [-0.15, -0.1) is 0 Å². The Labute approximate surface area is 142 Å². The van der Waals surface area contributed by atoms with Crippen LogP contribution in [-0.2, 0) is 9.47 Å². The molecule has 1 aromatic rings. The van der Waals surface area contributed by atoms with Crippen LogP contribution in [0.5, 0.6) is 17.2 Å². The van der Waals surface area contributed by atoms with Crippen LogP contribution in [0.4, 0.5) is 0 Å². The molecular weight excluding hydrogens is 340 g/mol. The van der Waals surface area contributed by atoms with Gasteiger partial charge in [-0.05, 0) is 19.1 Å². The van der Waals surface area contributed by atoms with Crippen molar-refractivity contribution in [1.29, 1.82) is 0 Å². The van der Waals surface area contributed by atoms with Gasteiger partial charge in [0.05, 0.1) is 18.8 Å². The molecule has 1 fully saturated rings. The van der Waals surface area contributed by atoms with Crippen molar-refractivity contribution in [3.63, 3.8) is 0 Å². The van der Waals surface area contributed by atoms with Crippen LogP contribution in [0.15, 0.2) is 12.1 Å². The van der Waals surface area contributed by atoms with Crippen molar-refractivity contribution in [2.24, 2.45) is 0 Å². The number of hydrogen-bond donors (Lipinski definition) is 6. The molecular formula is C15H20O10. The number of ether oxygens (including phenoxy) is 3. The van der Waals surface area contributed by atoms with Crippen LogP contribution in [0.1, 0.15) is 17.3 Å². The third-order valence-electron chi connectivity index (χ3n) is 3.64. The molecule has 0 aliphatic carbocycles. The van der Waals surface area contributed by atoms with Crippen molar-refractivity contribution in [3.8, 4) is 17.2 Å². The zero-order valence-corrected chi connectivity index (χ0v) is 13.3. The van der Waals surface area contributed by atoms with E-state index in [9.17, 15) is 30.3 Å². The average molecular weight is 360 g/mol. The van der Waals surface area contributed by atoms with Crippen LogP contribution in [-0.4, -0.2) is 80.5 Å². The second-order valence-electron chi connectivity index (χ2n) is 5.38. The molecule has 0 radical (unpaired) electrons. The molecule has 1 aliphatic rings. The van der Waals surface area contributed by atoms with Gasteiger partial charge in [-0.1, -0.05) is 0 Å². The van der Waals surface area contributed by atoms with Gasteiger partial charge >= 0.3 is 5.97 Å². The molecule has 0 aromatic heterocycles. The molecule has 0 bridgehead atoms. The molecule has 1 aromatic carbocycles. The predicted octanol–water partition coefficient (Wildman–Crippen LogP) is -1.55. The summed E-state index contributed by atoms with van der Waals surface area (Å²) in [5.41, 5.74) is -0.127. The Balaban J connectivity index is 2.23. The number of aliphatic hydroxyl groups is 4. The summed E-state index contributed by atoms with van der Waals surface area (Å²) >= 11 is 0. The minimum atomic E-state index is -1.72. The average Bonchev–Trinajstić information content (AvgIpc) is 2.57. The summed E-state index contributed by atoms with van der Waals surface area (Å²) in [6, 6.07) is 1.97. The maximum absolute atomic E-state index is 11.6. The van der Waals surface area contributed by atoms with Gasteiger partial charge in [-0.3, -0.25) is 0 Å². The monoisotopic (exact) mass is 360 g/mol. The molecule has 10 nitrogen and oxygen atoms in total. The quantitative estimate of drug-likeness (QED) is 0.338. The van der Waals surface area contributed by atoms with E-state index in [0.29, 0.717) is 0 Å². The van der Waals surface area contributed by atoms with Gasteiger partial charge in [0, 0.05) is 0 Å². The van der Waals surface area contributed by atoms with Crippen molar-refractivity contribution in [3.05, 3.63) is 17.7 Å². The molecule has 0 spiro atoms. The third-order valence-corrected chi connectivity index (χ3v) is 3.64. The number of hydrogen-bond acceptors (Lipinski definition) is 10. The summed E-state index contributed by atoms with van der Waals surface area (Å²) in [7, 11) is 0. The SMILES string of the molecule is CCOC(=O)c1cc(O)c(O[C@H]2O[C@H](CO)[C@@H](O)[C@H](O)[C@H]2O)c(O)c1. The Bertz CT molecular complexity index is 593. The van der Waals surface area contributed by atoms with Gasteiger partial charge in [0.1, 0.15) is 24.4 Å². The number of aliphatic hydroxyl groups excluding tert-OH is 4. The van der Waals surface area contributed by atoms with Crippen molar-refractivity contribution in [1.82, 2.24) is 0 Å². The molecule has 6 N–H and O–H groups in total. The van der Waals surface area contributed by atoms with Crippen molar-refractivity contribution in [2.45, 2.75) is 37.6 Å². The first kappa shape index (κ1) is 19.2. The lowest BCUT2D eigenvalue weighted by Crippen LogP contribution is -2.60. The normalized spacial score (nSPS) is 29.2. The lowest BCUT2D eigenvalue weighted by Gasteiger charge is -2.39. The molecule has 0 saturated carbocycles. The highest BCUT2D eigenvalue weighted by atomic mass is 16.7. The molecule has 5 atom stereocenters. The van der Waals surface area contributed by atoms with Gasteiger partial charge in [0.15, 0.2) is 11.5 Å². The van der Waals surface area contributed by atoms with Crippen molar-refractivity contribution < 1.29 is 49.6 Å². The highest BCUT2D eigenvalue weighted by Crippen LogP contribution is 2.39. The summed E-state index contributed by atoms with van der Waals surface area (Å²) in [4.78, 5) is 11.6. The zero-order valence-electron chi connectivity index (χ0n) is 13.3. The van der Waals surface area contributed by atoms with Crippen LogP contribution >= 0.6 is 0 Å².